The van der Waals surface area contributed by atoms with Crippen molar-refractivity contribution in [3.05, 3.63) is 70.1 Å². The summed E-state index contributed by atoms with van der Waals surface area (Å²) in [5.74, 6) is -1.55. The molecule has 6 nitrogen and oxygen atoms in total. The van der Waals surface area contributed by atoms with Crippen molar-refractivity contribution in [2.24, 2.45) is 0 Å². The van der Waals surface area contributed by atoms with Gasteiger partial charge in [0.25, 0.3) is 11.7 Å². The number of carbonyl (C=O) groups is 2. The van der Waals surface area contributed by atoms with Crippen LogP contribution in [0.3, 0.4) is 0 Å². The van der Waals surface area contributed by atoms with E-state index in [9.17, 15) is 14.0 Å². The number of aromatic amines is 1. The van der Waals surface area contributed by atoms with E-state index in [0.717, 1.165) is 5.56 Å². The number of rotatable bonds is 3. The Morgan fingerprint density at radius 2 is 1.66 bits per heavy atom. The van der Waals surface area contributed by atoms with Crippen LogP contribution in [0.25, 0.3) is 10.9 Å². The zero-order valence-electron chi connectivity index (χ0n) is 15.4. The number of Topliss-reactive ketones (excluding diaryl/α,β-unsaturated/α-hetero) is 1. The number of aromatic nitrogens is 1. The van der Waals surface area contributed by atoms with Gasteiger partial charge in [-0.1, -0.05) is 30.3 Å². The summed E-state index contributed by atoms with van der Waals surface area (Å²) in [5.41, 5.74) is 1.29. The molecule has 8 heteroatoms. The molecule has 1 aliphatic heterocycles. The molecule has 0 spiro atoms. The van der Waals surface area contributed by atoms with E-state index in [4.69, 9.17) is 5.41 Å². The van der Waals surface area contributed by atoms with E-state index in [1.165, 1.54) is 17.2 Å². The van der Waals surface area contributed by atoms with Gasteiger partial charge in [-0.2, -0.15) is 0 Å². The molecule has 0 saturated carbocycles. The molecule has 0 atom stereocenters. The SMILES string of the molecule is N=C(c1ccccc1)N1CCN(C(=O)C(=O)c2c[nH]c3c(Br)ccc(F)c23)CC1. The Hall–Kier alpha value is -3.00. The van der Waals surface area contributed by atoms with Crippen LogP contribution in [0.15, 0.2) is 53.1 Å². The molecular formula is C21H18BrFN4O2. The van der Waals surface area contributed by atoms with E-state index in [0.29, 0.717) is 42.0 Å². The minimum Gasteiger partial charge on any atom is -0.359 e. The lowest BCUT2D eigenvalue weighted by molar-refractivity contribution is -0.127. The van der Waals surface area contributed by atoms with Gasteiger partial charge in [0.1, 0.15) is 11.7 Å². The number of benzene rings is 2. The number of hydrogen-bond donors (Lipinski definition) is 2. The van der Waals surface area contributed by atoms with Crippen LogP contribution < -0.4 is 0 Å². The van der Waals surface area contributed by atoms with E-state index >= 15 is 0 Å². The molecule has 4 rings (SSSR count). The average Bonchev–Trinajstić information content (AvgIpc) is 3.22. The molecule has 2 aromatic carbocycles. The Morgan fingerprint density at radius 3 is 2.34 bits per heavy atom. The van der Waals surface area contributed by atoms with Crippen LogP contribution in [0.5, 0.6) is 0 Å². The standard InChI is InChI=1S/C21H18BrFN4O2/c22-15-6-7-16(23)17-14(12-25-18(15)17)19(28)21(29)27-10-8-26(9-11-27)20(24)13-4-2-1-3-5-13/h1-7,12,24-25H,8-11H2. The van der Waals surface area contributed by atoms with Crippen molar-refractivity contribution in [1.29, 1.82) is 5.41 Å². The van der Waals surface area contributed by atoms with Crippen molar-refractivity contribution in [3.63, 3.8) is 0 Å². The zero-order valence-corrected chi connectivity index (χ0v) is 17.0. The normalized spacial score (nSPS) is 14.3. The fourth-order valence-corrected chi connectivity index (χ4v) is 3.97. The molecular weight excluding hydrogens is 439 g/mol. The minimum absolute atomic E-state index is 0.0308. The van der Waals surface area contributed by atoms with E-state index in [1.54, 1.807) is 6.07 Å². The first kappa shape index (κ1) is 19.3. The molecule has 0 radical (unpaired) electrons. The maximum atomic E-state index is 14.3. The largest absolute Gasteiger partial charge is 0.359 e. The molecule has 1 saturated heterocycles. The lowest BCUT2D eigenvalue weighted by Gasteiger charge is -2.35. The quantitative estimate of drug-likeness (QED) is 0.274. The summed E-state index contributed by atoms with van der Waals surface area (Å²) in [5, 5.41) is 8.45. The highest BCUT2D eigenvalue weighted by Crippen LogP contribution is 2.29. The van der Waals surface area contributed by atoms with Crippen molar-refractivity contribution in [1.82, 2.24) is 14.8 Å². The van der Waals surface area contributed by atoms with Gasteiger partial charge in [0.05, 0.1) is 11.1 Å². The van der Waals surface area contributed by atoms with Gasteiger partial charge in [-0.05, 0) is 28.1 Å². The monoisotopic (exact) mass is 456 g/mol. The molecule has 29 heavy (non-hydrogen) atoms. The smallest absolute Gasteiger partial charge is 0.295 e. The third kappa shape index (κ3) is 3.55. The predicted octanol–water partition coefficient (Wildman–Crippen LogP) is 3.42. The second-order valence-electron chi connectivity index (χ2n) is 6.80. The fraction of sp³-hybridized carbons (Fsp3) is 0.190. The van der Waals surface area contributed by atoms with E-state index < -0.39 is 17.5 Å². The lowest BCUT2D eigenvalue weighted by atomic mass is 10.1. The van der Waals surface area contributed by atoms with E-state index in [1.807, 2.05) is 35.2 Å². The summed E-state index contributed by atoms with van der Waals surface area (Å²) < 4.78 is 14.9. The van der Waals surface area contributed by atoms with Crippen molar-refractivity contribution in [3.8, 4) is 0 Å². The van der Waals surface area contributed by atoms with Crippen LogP contribution >= 0.6 is 15.9 Å². The number of nitrogens with one attached hydrogen (secondary N) is 2. The van der Waals surface area contributed by atoms with Crippen LogP contribution in [0.4, 0.5) is 4.39 Å². The average molecular weight is 457 g/mol. The highest BCUT2D eigenvalue weighted by molar-refractivity contribution is 9.10. The summed E-state index contributed by atoms with van der Waals surface area (Å²) in [6, 6.07) is 12.2. The minimum atomic E-state index is -0.736. The van der Waals surface area contributed by atoms with Crippen LogP contribution in [-0.2, 0) is 4.79 Å². The molecule has 1 aromatic heterocycles. The summed E-state index contributed by atoms with van der Waals surface area (Å²) in [6.45, 7) is 1.57. The van der Waals surface area contributed by atoms with Crippen molar-refractivity contribution >= 4 is 44.4 Å². The van der Waals surface area contributed by atoms with Gasteiger partial charge < -0.3 is 14.8 Å². The Bertz CT molecular complexity index is 1100. The Balaban J connectivity index is 1.47. The maximum Gasteiger partial charge on any atom is 0.295 e. The van der Waals surface area contributed by atoms with Gasteiger partial charge in [0.15, 0.2) is 0 Å². The lowest BCUT2D eigenvalue weighted by Crippen LogP contribution is -2.52. The molecule has 3 aromatic rings. The molecule has 1 amide bonds. The number of hydrogen-bond acceptors (Lipinski definition) is 3. The molecule has 0 aliphatic carbocycles. The summed E-state index contributed by atoms with van der Waals surface area (Å²) in [4.78, 5) is 31.7. The van der Waals surface area contributed by atoms with Gasteiger partial charge in [-0.25, -0.2) is 4.39 Å². The number of ketones is 1. The van der Waals surface area contributed by atoms with Gasteiger partial charge in [-0.15, -0.1) is 0 Å². The first-order valence-electron chi connectivity index (χ1n) is 9.15. The first-order chi connectivity index (χ1) is 14.0. The Morgan fingerprint density at radius 1 is 1.00 bits per heavy atom. The fourth-order valence-electron chi connectivity index (χ4n) is 3.52. The van der Waals surface area contributed by atoms with Crippen molar-refractivity contribution in [2.45, 2.75) is 0 Å². The number of fused-ring (bicyclic) bond motifs is 1. The summed E-state index contributed by atoms with van der Waals surface area (Å²) in [6.07, 6.45) is 1.38. The second-order valence-corrected chi connectivity index (χ2v) is 7.66. The first-order valence-corrected chi connectivity index (χ1v) is 9.94. The molecule has 1 fully saturated rings. The van der Waals surface area contributed by atoms with Gasteiger partial charge in [0.2, 0.25) is 0 Å². The van der Waals surface area contributed by atoms with Crippen molar-refractivity contribution < 1.29 is 14.0 Å². The Kier molecular flexibility index (Phi) is 5.19. The molecule has 0 unspecified atom stereocenters. The topological polar surface area (TPSA) is 80.3 Å². The third-order valence-corrected chi connectivity index (χ3v) is 5.76. The molecule has 148 valence electrons. The summed E-state index contributed by atoms with van der Waals surface area (Å²) in [7, 11) is 0. The maximum absolute atomic E-state index is 14.3. The van der Waals surface area contributed by atoms with Gasteiger partial charge >= 0.3 is 0 Å². The molecule has 2 N–H and O–H groups in total. The molecule has 1 aliphatic rings. The van der Waals surface area contributed by atoms with Gasteiger partial charge in [0, 0.05) is 47.8 Å². The molecule has 2 heterocycles. The van der Waals surface area contributed by atoms with E-state index in [-0.39, 0.29) is 10.9 Å². The van der Waals surface area contributed by atoms with Gasteiger partial charge in [-0.3, -0.25) is 15.0 Å². The van der Waals surface area contributed by atoms with Crippen molar-refractivity contribution in [2.75, 3.05) is 26.2 Å². The highest BCUT2D eigenvalue weighted by Gasteiger charge is 2.30. The summed E-state index contributed by atoms with van der Waals surface area (Å²) >= 11 is 3.32. The predicted molar refractivity (Wildman–Crippen MR) is 112 cm³/mol. The highest BCUT2D eigenvalue weighted by atomic mass is 79.9. The number of amides is 1. The molecule has 0 bridgehead atoms. The third-order valence-electron chi connectivity index (χ3n) is 5.10. The Labute approximate surface area is 174 Å². The second kappa shape index (κ2) is 7.79. The number of H-pyrrole nitrogens is 1. The number of carbonyl (C=O) groups excluding carboxylic acids is 2. The van der Waals surface area contributed by atoms with E-state index in [2.05, 4.69) is 20.9 Å². The number of halogens is 2. The number of amidine groups is 1. The number of nitrogens with zero attached hydrogens (tertiary/aromatic N) is 2. The van der Waals surface area contributed by atoms with Crippen LogP contribution in [0.1, 0.15) is 15.9 Å². The van der Waals surface area contributed by atoms with Crippen LogP contribution in [-0.4, -0.2) is 58.5 Å². The van der Waals surface area contributed by atoms with Crippen LogP contribution in [0.2, 0.25) is 0 Å². The number of piperazine rings is 1. The zero-order chi connectivity index (χ0) is 20.5. The van der Waals surface area contributed by atoms with Crippen LogP contribution in [0, 0.1) is 11.2 Å².